The van der Waals surface area contributed by atoms with Gasteiger partial charge in [-0.25, -0.2) is 4.39 Å². The summed E-state index contributed by atoms with van der Waals surface area (Å²) in [6.45, 7) is 6.20. The maximum absolute atomic E-state index is 13.8. The second-order valence-electron chi connectivity index (χ2n) is 4.27. The molecule has 1 unspecified atom stereocenters. The summed E-state index contributed by atoms with van der Waals surface area (Å²) in [6, 6.07) is 4.30. The summed E-state index contributed by atoms with van der Waals surface area (Å²) in [5.74, 6) is -0.499. The predicted octanol–water partition coefficient (Wildman–Crippen LogP) is 4.11. The number of halogens is 2. The van der Waals surface area contributed by atoms with E-state index in [0.29, 0.717) is 24.5 Å². The molecule has 0 saturated heterocycles. The minimum Gasteiger partial charge on any atom is -0.385 e. The fourth-order valence-electron chi connectivity index (χ4n) is 2.21. The Kier molecular flexibility index (Phi) is 5.57. The van der Waals surface area contributed by atoms with Gasteiger partial charge in [0.15, 0.2) is 0 Å². The van der Waals surface area contributed by atoms with Gasteiger partial charge in [0.2, 0.25) is 0 Å². The average molecular weight is 275 g/mol. The largest absolute Gasteiger partial charge is 0.385 e. The van der Waals surface area contributed by atoms with E-state index in [0.717, 1.165) is 0 Å². The smallest absolute Gasteiger partial charge is 0.130 e. The van der Waals surface area contributed by atoms with Gasteiger partial charge >= 0.3 is 0 Å². The van der Waals surface area contributed by atoms with Crippen molar-refractivity contribution in [1.82, 2.24) is 0 Å². The molecule has 102 valence electrons. The fourth-order valence-corrected chi connectivity index (χ4v) is 2.37. The van der Waals surface area contributed by atoms with Gasteiger partial charge < -0.3 is 9.84 Å². The lowest BCUT2D eigenvalue weighted by atomic mass is 9.86. The minimum absolute atomic E-state index is 0.233. The Balaban J connectivity index is 3.12. The maximum atomic E-state index is 13.8. The highest BCUT2D eigenvalue weighted by atomic mass is 35.5. The zero-order chi connectivity index (χ0) is 13.8. The summed E-state index contributed by atoms with van der Waals surface area (Å²) >= 11 is 5.71. The van der Waals surface area contributed by atoms with E-state index in [1.165, 1.54) is 12.1 Å². The fraction of sp³-hybridized carbons (Fsp3) is 0.571. The average Bonchev–Trinajstić information content (AvgIpc) is 2.35. The lowest BCUT2D eigenvalue weighted by Gasteiger charge is -2.36. The van der Waals surface area contributed by atoms with Crippen LogP contribution in [0.2, 0.25) is 5.02 Å². The van der Waals surface area contributed by atoms with Gasteiger partial charge in [0, 0.05) is 17.2 Å². The molecular formula is C14H20ClFO2. The summed E-state index contributed by atoms with van der Waals surface area (Å²) < 4.78 is 19.5. The van der Waals surface area contributed by atoms with E-state index in [2.05, 4.69) is 0 Å². The first-order chi connectivity index (χ1) is 8.50. The number of aliphatic hydroxyl groups is 1. The van der Waals surface area contributed by atoms with Crippen molar-refractivity contribution in [3.8, 4) is 0 Å². The maximum Gasteiger partial charge on any atom is 0.130 e. The molecule has 1 aromatic rings. The van der Waals surface area contributed by atoms with Crippen LogP contribution in [-0.2, 0) is 4.74 Å². The van der Waals surface area contributed by atoms with Crippen LogP contribution in [0.5, 0.6) is 0 Å². The molecule has 1 N–H and O–H groups in total. The third-order valence-electron chi connectivity index (χ3n) is 3.38. The van der Waals surface area contributed by atoms with Gasteiger partial charge in [-0.1, -0.05) is 31.5 Å². The van der Waals surface area contributed by atoms with Crippen LogP contribution in [0, 0.1) is 5.82 Å². The molecule has 0 amide bonds. The van der Waals surface area contributed by atoms with Crippen molar-refractivity contribution in [3.63, 3.8) is 0 Å². The van der Waals surface area contributed by atoms with Crippen molar-refractivity contribution in [2.24, 2.45) is 0 Å². The molecule has 0 aliphatic carbocycles. The van der Waals surface area contributed by atoms with E-state index in [1.807, 2.05) is 20.8 Å². The lowest BCUT2D eigenvalue weighted by Crippen LogP contribution is -2.38. The predicted molar refractivity (Wildman–Crippen MR) is 71.3 cm³/mol. The van der Waals surface area contributed by atoms with Gasteiger partial charge in [0.05, 0.1) is 5.60 Å². The van der Waals surface area contributed by atoms with Crippen LogP contribution in [0.1, 0.15) is 45.3 Å². The SMILES string of the molecule is CCOC(CC)(CC)C(O)c1ccc(Cl)cc1F. The van der Waals surface area contributed by atoms with Crippen molar-refractivity contribution < 1.29 is 14.2 Å². The molecule has 0 aliphatic heterocycles. The number of aliphatic hydroxyl groups excluding tert-OH is 1. The molecule has 1 rings (SSSR count). The van der Waals surface area contributed by atoms with E-state index < -0.39 is 17.5 Å². The van der Waals surface area contributed by atoms with Crippen molar-refractivity contribution in [2.45, 2.75) is 45.3 Å². The Bertz CT molecular complexity index is 391. The third-order valence-corrected chi connectivity index (χ3v) is 3.62. The number of rotatable bonds is 6. The highest BCUT2D eigenvalue weighted by Crippen LogP contribution is 2.36. The van der Waals surface area contributed by atoms with E-state index in [9.17, 15) is 9.50 Å². The van der Waals surface area contributed by atoms with Crippen molar-refractivity contribution in [3.05, 3.63) is 34.6 Å². The van der Waals surface area contributed by atoms with Crippen LogP contribution in [-0.4, -0.2) is 17.3 Å². The van der Waals surface area contributed by atoms with Crippen LogP contribution < -0.4 is 0 Å². The quantitative estimate of drug-likeness (QED) is 0.846. The molecule has 0 aromatic heterocycles. The van der Waals surface area contributed by atoms with Crippen LogP contribution in [0.25, 0.3) is 0 Å². The molecule has 0 bridgehead atoms. The molecule has 1 atom stereocenters. The van der Waals surface area contributed by atoms with E-state index in [4.69, 9.17) is 16.3 Å². The molecule has 0 heterocycles. The third kappa shape index (κ3) is 3.02. The molecule has 0 spiro atoms. The lowest BCUT2D eigenvalue weighted by molar-refractivity contribution is -0.128. The molecule has 0 fully saturated rings. The van der Waals surface area contributed by atoms with Gasteiger partial charge in [0.25, 0.3) is 0 Å². The minimum atomic E-state index is -0.996. The first-order valence-corrected chi connectivity index (χ1v) is 6.65. The molecule has 1 aromatic carbocycles. The molecule has 0 aliphatic rings. The van der Waals surface area contributed by atoms with E-state index in [-0.39, 0.29) is 5.56 Å². The second-order valence-corrected chi connectivity index (χ2v) is 4.71. The van der Waals surface area contributed by atoms with Gasteiger partial charge in [-0.3, -0.25) is 0 Å². The zero-order valence-electron chi connectivity index (χ0n) is 11.0. The second kappa shape index (κ2) is 6.50. The summed E-state index contributed by atoms with van der Waals surface area (Å²) in [5.41, 5.74) is -0.514. The van der Waals surface area contributed by atoms with Gasteiger partial charge in [-0.05, 0) is 31.9 Å². The van der Waals surface area contributed by atoms with Gasteiger partial charge in [-0.2, -0.15) is 0 Å². The first-order valence-electron chi connectivity index (χ1n) is 6.27. The Labute approximate surface area is 113 Å². The zero-order valence-corrected chi connectivity index (χ0v) is 11.8. The molecule has 18 heavy (non-hydrogen) atoms. The first kappa shape index (κ1) is 15.4. The standard InChI is InChI=1S/C14H20ClFO2/c1-4-14(5-2,18-6-3)13(17)11-8-7-10(15)9-12(11)16/h7-9,13,17H,4-6H2,1-3H3. The molecule has 0 saturated carbocycles. The van der Waals surface area contributed by atoms with Gasteiger partial charge in [-0.15, -0.1) is 0 Å². The molecule has 2 nitrogen and oxygen atoms in total. The van der Waals surface area contributed by atoms with Crippen molar-refractivity contribution in [2.75, 3.05) is 6.61 Å². The monoisotopic (exact) mass is 274 g/mol. The molecular weight excluding hydrogens is 255 g/mol. The summed E-state index contributed by atoms with van der Waals surface area (Å²) in [5, 5.41) is 10.7. The van der Waals surface area contributed by atoms with Crippen LogP contribution in [0.3, 0.4) is 0 Å². The number of hydrogen-bond donors (Lipinski definition) is 1. The summed E-state index contributed by atoms with van der Waals surface area (Å²) in [4.78, 5) is 0. The summed E-state index contributed by atoms with van der Waals surface area (Å²) in [7, 11) is 0. The Hall–Kier alpha value is -0.640. The Morgan fingerprint density at radius 2 is 1.94 bits per heavy atom. The topological polar surface area (TPSA) is 29.5 Å². The number of ether oxygens (including phenoxy) is 1. The van der Waals surface area contributed by atoms with E-state index >= 15 is 0 Å². The van der Waals surface area contributed by atoms with Crippen LogP contribution in [0.4, 0.5) is 4.39 Å². The highest BCUT2D eigenvalue weighted by molar-refractivity contribution is 6.30. The number of hydrogen-bond acceptors (Lipinski definition) is 2. The van der Waals surface area contributed by atoms with Crippen molar-refractivity contribution in [1.29, 1.82) is 0 Å². The molecule has 4 heteroatoms. The summed E-state index contributed by atoms with van der Waals surface area (Å²) in [6.07, 6.45) is 0.228. The highest BCUT2D eigenvalue weighted by Gasteiger charge is 2.37. The normalized spacial score (nSPS) is 13.7. The molecule has 0 radical (unpaired) electrons. The van der Waals surface area contributed by atoms with Crippen LogP contribution in [0.15, 0.2) is 18.2 Å². The number of benzene rings is 1. The van der Waals surface area contributed by atoms with Crippen molar-refractivity contribution >= 4 is 11.6 Å². The van der Waals surface area contributed by atoms with Crippen LogP contribution >= 0.6 is 11.6 Å². The Morgan fingerprint density at radius 1 is 1.33 bits per heavy atom. The van der Waals surface area contributed by atoms with E-state index in [1.54, 1.807) is 6.07 Å². The van der Waals surface area contributed by atoms with Gasteiger partial charge in [0.1, 0.15) is 11.9 Å². The Morgan fingerprint density at radius 3 is 2.39 bits per heavy atom.